The van der Waals surface area contributed by atoms with Gasteiger partial charge in [-0.05, 0) is 17.8 Å². The topological polar surface area (TPSA) is 201 Å². The Labute approximate surface area is 262 Å². The Balaban J connectivity index is 2.01. The first-order chi connectivity index (χ1) is 21.2. The van der Waals surface area contributed by atoms with E-state index in [2.05, 4.69) is 30.9 Å². The fraction of sp³-hybridized carbons (Fsp3) is 0.600. The highest BCUT2D eigenvalue weighted by Crippen LogP contribution is 2.29. The minimum atomic E-state index is -0.698. The van der Waals surface area contributed by atoms with Crippen LogP contribution in [0.4, 0.5) is 0 Å². The zero-order valence-electron chi connectivity index (χ0n) is 27.3. The number of hydrogen-bond donors (Lipinski definition) is 6. The molecule has 0 aliphatic carbocycles. The normalized spacial score (nSPS) is 19.5. The van der Waals surface area contributed by atoms with Gasteiger partial charge in [-0.25, -0.2) is 15.0 Å². The molecule has 4 heterocycles. The highest BCUT2D eigenvalue weighted by molar-refractivity contribution is 5.96. The average Bonchev–Trinajstić information content (AvgIpc) is 3.61. The van der Waals surface area contributed by atoms with Crippen molar-refractivity contribution in [3.8, 4) is 0 Å². The van der Waals surface area contributed by atoms with Crippen molar-refractivity contribution in [2.24, 2.45) is 38.9 Å². The Bertz CT molecular complexity index is 1410. The van der Waals surface area contributed by atoms with Crippen LogP contribution in [0.15, 0.2) is 0 Å². The summed E-state index contributed by atoms with van der Waals surface area (Å²) in [5.41, 5.74) is 0.672. The number of hydrogen-bond acceptors (Lipinski definition) is 9. The minimum absolute atomic E-state index is 0.0211. The number of nitrogens with zero attached hydrogens (tertiary/aromatic N) is 6. The molecule has 246 valence electrons. The van der Waals surface area contributed by atoms with E-state index in [1.807, 2.05) is 41.5 Å². The average molecular weight is 628 g/mol. The van der Waals surface area contributed by atoms with E-state index in [1.165, 1.54) is 0 Å². The highest BCUT2D eigenvalue weighted by atomic mass is 16.3. The van der Waals surface area contributed by atoms with E-state index in [9.17, 15) is 29.7 Å². The number of aliphatic hydroxyl groups excluding tert-OH is 3. The van der Waals surface area contributed by atoms with Crippen molar-refractivity contribution < 1.29 is 29.7 Å². The van der Waals surface area contributed by atoms with Crippen molar-refractivity contribution >= 4 is 17.7 Å². The Morgan fingerprint density at radius 3 is 0.933 bits per heavy atom. The molecule has 0 aromatic carbocycles. The van der Waals surface area contributed by atoms with Crippen molar-refractivity contribution in [3.63, 3.8) is 0 Å². The zero-order chi connectivity index (χ0) is 33.5. The van der Waals surface area contributed by atoms with Gasteiger partial charge in [0.15, 0.2) is 17.1 Å². The first-order valence-electron chi connectivity index (χ1n) is 15.1. The van der Waals surface area contributed by atoms with Crippen LogP contribution < -0.4 is 16.0 Å². The lowest BCUT2D eigenvalue weighted by Gasteiger charge is -2.22. The van der Waals surface area contributed by atoms with Gasteiger partial charge in [0.25, 0.3) is 17.7 Å². The molecule has 3 atom stereocenters. The molecule has 15 nitrogen and oxygen atoms in total. The van der Waals surface area contributed by atoms with Gasteiger partial charge < -0.3 is 45.0 Å². The monoisotopic (exact) mass is 627 g/mol. The molecule has 3 aromatic rings. The molecular formula is C30H45N9O6. The maximum atomic E-state index is 13.8. The second-order valence-corrected chi connectivity index (χ2v) is 12.5. The molecule has 3 aromatic heterocycles. The molecule has 45 heavy (non-hydrogen) atoms. The van der Waals surface area contributed by atoms with Crippen LogP contribution in [0.5, 0.6) is 0 Å². The second kappa shape index (κ2) is 13.1. The predicted molar refractivity (Wildman–Crippen MR) is 163 cm³/mol. The first-order valence-corrected chi connectivity index (χ1v) is 15.1. The Kier molecular flexibility index (Phi) is 9.85. The standard InChI is InChI=1S/C30H45N9O6/c1-13(2)19-25-31-23(16(10-40)37(25)7)29(44)35-21(15(5)6)27-33-24(18(12-42)39(27)9)30(45)36-20(14(3)4)26-32-22(28(43)34-19)17(11-41)38(26)8/h13-15,19-21,40-42H,10-12H2,1-9H3,(H,34,43)(H,35,44)(H,36,45)/t19-,20-,21-/m0/s1. The van der Waals surface area contributed by atoms with E-state index in [0.717, 1.165) is 0 Å². The number of aliphatic hydroxyl groups is 3. The number of fused-ring (bicyclic) bond motifs is 6. The molecular weight excluding hydrogens is 582 g/mol. The van der Waals surface area contributed by atoms with E-state index < -0.39 is 55.7 Å². The summed E-state index contributed by atoms with van der Waals surface area (Å²) in [7, 11) is 4.99. The number of amides is 3. The maximum absolute atomic E-state index is 13.8. The molecule has 0 saturated heterocycles. The quantitative estimate of drug-likeness (QED) is 0.231. The Morgan fingerprint density at radius 2 is 0.756 bits per heavy atom. The van der Waals surface area contributed by atoms with Crippen LogP contribution in [-0.2, 0) is 41.0 Å². The van der Waals surface area contributed by atoms with Gasteiger partial charge in [0, 0.05) is 21.1 Å². The molecule has 15 heteroatoms. The van der Waals surface area contributed by atoms with Crippen molar-refractivity contribution in [2.75, 3.05) is 0 Å². The van der Waals surface area contributed by atoms with E-state index in [4.69, 9.17) is 0 Å². The highest BCUT2D eigenvalue weighted by Gasteiger charge is 2.35. The van der Waals surface area contributed by atoms with E-state index in [1.54, 1.807) is 34.8 Å². The molecule has 1 aliphatic rings. The molecule has 0 radical (unpaired) electrons. The van der Waals surface area contributed by atoms with Crippen LogP contribution in [0.2, 0.25) is 0 Å². The van der Waals surface area contributed by atoms with Crippen LogP contribution in [0.3, 0.4) is 0 Å². The van der Waals surface area contributed by atoms with Crippen molar-refractivity contribution in [3.05, 3.63) is 51.6 Å². The molecule has 0 saturated carbocycles. The van der Waals surface area contributed by atoms with Crippen LogP contribution in [0.1, 0.15) is 126 Å². The van der Waals surface area contributed by atoms with E-state index in [0.29, 0.717) is 17.5 Å². The fourth-order valence-corrected chi connectivity index (χ4v) is 5.79. The fourth-order valence-electron chi connectivity index (χ4n) is 5.79. The van der Waals surface area contributed by atoms with Gasteiger partial charge in [-0.1, -0.05) is 41.5 Å². The van der Waals surface area contributed by atoms with Gasteiger partial charge in [-0.15, -0.1) is 0 Å². The lowest BCUT2D eigenvalue weighted by atomic mass is 10.0. The Morgan fingerprint density at radius 1 is 0.533 bits per heavy atom. The summed E-state index contributed by atoms with van der Waals surface area (Å²) in [5.74, 6) is -1.27. The largest absolute Gasteiger partial charge is 0.390 e. The maximum Gasteiger partial charge on any atom is 0.272 e. The van der Waals surface area contributed by atoms with Crippen LogP contribution in [0.25, 0.3) is 0 Å². The van der Waals surface area contributed by atoms with Crippen LogP contribution in [-0.4, -0.2) is 61.7 Å². The number of imidazole rings is 3. The molecule has 4 rings (SSSR count). The molecule has 6 N–H and O–H groups in total. The summed E-state index contributed by atoms with van der Waals surface area (Å²) in [5, 5.41) is 39.8. The molecule has 0 unspecified atom stereocenters. The number of rotatable bonds is 6. The smallest absolute Gasteiger partial charge is 0.272 e. The summed E-state index contributed by atoms with van der Waals surface area (Å²) < 4.78 is 4.78. The predicted octanol–water partition coefficient (Wildman–Crippen LogP) is 1.06. The number of carbonyl (C=O) groups excluding carboxylic acids is 3. The van der Waals surface area contributed by atoms with Crippen molar-refractivity contribution in [1.82, 2.24) is 44.6 Å². The molecule has 1 aliphatic heterocycles. The van der Waals surface area contributed by atoms with Crippen molar-refractivity contribution in [2.45, 2.75) is 79.5 Å². The van der Waals surface area contributed by atoms with Crippen LogP contribution >= 0.6 is 0 Å². The number of nitrogens with one attached hydrogen (secondary N) is 3. The van der Waals surface area contributed by atoms with Gasteiger partial charge in [-0.2, -0.15) is 0 Å². The molecule has 6 bridgehead atoms. The van der Waals surface area contributed by atoms with Crippen LogP contribution in [0, 0.1) is 17.8 Å². The summed E-state index contributed by atoms with van der Waals surface area (Å²) in [6.45, 7) is 9.84. The van der Waals surface area contributed by atoms with Gasteiger partial charge in [-0.3, -0.25) is 14.4 Å². The lowest BCUT2D eigenvalue weighted by Crippen LogP contribution is -2.35. The second-order valence-electron chi connectivity index (χ2n) is 12.5. The van der Waals surface area contributed by atoms with E-state index >= 15 is 0 Å². The molecule has 0 spiro atoms. The molecule has 3 amide bonds. The zero-order valence-corrected chi connectivity index (χ0v) is 27.3. The van der Waals surface area contributed by atoms with Gasteiger partial charge >= 0.3 is 0 Å². The summed E-state index contributed by atoms with van der Waals surface area (Å²) >= 11 is 0. The third kappa shape index (κ3) is 5.99. The first kappa shape index (κ1) is 33.8. The summed E-state index contributed by atoms with van der Waals surface area (Å²) in [4.78, 5) is 55.3. The lowest BCUT2D eigenvalue weighted by molar-refractivity contribution is 0.0909. The third-order valence-electron chi connectivity index (χ3n) is 8.53. The summed E-state index contributed by atoms with van der Waals surface area (Å²) in [6, 6.07) is -2.09. The SMILES string of the molecule is CC(C)[C@@H]1NC(=O)c2nc(n(C)c2CO)[C@H](C(C)C)NC(=O)c2nc(n(C)c2CO)[C@H](C(C)C)NC(=O)c2nc1n(C)c2CO. The minimum Gasteiger partial charge on any atom is -0.390 e. The third-order valence-corrected chi connectivity index (χ3v) is 8.53. The van der Waals surface area contributed by atoms with Crippen molar-refractivity contribution in [1.29, 1.82) is 0 Å². The number of aromatic nitrogens is 6. The van der Waals surface area contributed by atoms with Gasteiger partial charge in [0.05, 0.1) is 55.0 Å². The van der Waals surface area contributed by atoms with Gasteiger partial charge in [0.1, 0.15) is 17.5 Å². The number of carbonyl (C=O) groups is 3. The summed E-state index contributed by atoms with van der Waals surface area (Å²) in [6.07, 6.45) is 0. The Hall–Kier alpha value is -4.08. The molecule has 0 fully saturated rings. The van der Waals surface area contributed by atoms with Gasteiger partial charge in [0.2, 0.25) is 0 Å². The van der Waals surface area contributed by atoms with E-state index in [-0.39, 0.29) is 51.9 Å².